The first-order valence-corrected chi connectivity index (χ1v) is 7.75. The predicted octanol–water partition coefficient (Wildman–Crippen LogP) is -0.00270. The molecule has 0 bridgehead atoms. The van der Waals surface area contributed by atoms with E-state index < -0.39 is 0 Å². The standard InChI is InChI=1S/C17H20N4O3/c1-17(2,3)14-11(18-9-19-14)7-13-16(23)20-12(15(22)21-13)6-10-4-5-24-8-10/h6-9H,4-5H2,1-3H3,(H,18,19)(H,20,23)(H,21,22)/b12-6-,13-7-. The second-order valence-electron chi connectivity index (χ2n) is 6.75. The predicted molar refractivity (Wildman–Crippen MR) is 90.9 cm³/mol. The van der Waals surface area contributed by atoms with Gasteiger partial charge >= 0.3 is 0 Å². The number of ether oxygens (including phenoxy) is 1. The molecule has 1 aliphatic heterocycles. The lowest BCUT2D eigenvalue weighted by Gasteiger charge is -2.16. The number of H-pyrrole nitrogens is 3. The zero-order valence-electron chi connectivity index (χ0n) is 13.9. The molecule has 0 aromatic carbocycles. The smallest absolute Gasteiger partial charge is 0.272 e. The summed E-state index contributed by atoms with van der Waals surface area (Å²) < 4.78 is 5.12. The summed E-state index contributed by atoms with van der Waals surface area (Å²) in [4.78, 5) is 37.1. The zero-order chi connectivity index (χ0) is 17.3. The Bertz CT molecular complexity index is 1020. The van der Waals surface area contributed by atoms with Crippen LogP contribution in [0.25, 0.3) is 12.2 Å². The molecule has 0 saturated carbocycles. The van der Waals surface area contributed by atoms with E-state index in [1.165, 1.54) is 0 Å². The summed E-state index contributed by atoms with van der Waals surface area (Å²) >= 11 is 0. The van der Waals surface area contributed by atoms with Crippen LogP contribution in [-0.4, -0.2) is 26.5 Å². The van der Waals surface area contributed by atoms with E-state index in [0.29, 0.717) is 12.3 Å². The minimum atomic E-state index is -0.372. The van der Waals surface area contributed by atoms with E-state index in [1.807, 2.05) is 20.8 Å². The Labute approximate surface area is 137 Å². The fraction of sp³-hybridized carbons (Fsp3) is 0.353. The SMILES string of the molecule is CC(C)(C)c1[nH]cnc1/C=c1\[nH]c(=O)/c(=C/C2=COCC2)[nH]c1=O. The average Bonchev–Trinajstić information content (AvgIpc) is 3.14. The Hall–Kier alpha value is -2.83. The van der Waals surface area contributed by atoms with Gasteiger partial charge in [-0.25, -0.2) is 4.98 Å². The quantitative estimate of drug-likeness (QED) is 0.722. The van der Waals surface area contributed by atoms with Gasteiger partial charge in [-0.05, 0) is 17.7 Å². The molecule has 0 unspecified atom stereocenters. The van der Waals surface area contributed by atoms with Gasteiger partial charge in [-0.15, -0.1) is 0 Å². The van der Waals surface area contributed by atoms with Gasteiger partial charge in [0.05, 0.1) is 24.9 Å². The van der Waals surface area contributed by atoms with Crippen LogP contribution in [0.5, 0.6) is 0 Å². The van der Waals surface area contributed by atoms with E-state index in [9.17, 15) is 9.59 Å². The first-order chi connectivity index (χ1) is 11.3. The molecule has 7 heteroatoms. The number of nitrogens with one attached hydrogen (secondary N) is 3. The van der Waals surface area contributed by atoms with Gasteiger partial charge in [-0.2, -0.15) is 0 Å². The van der Waals surface area contributed by atoms with Crippen LogP contribution in [0.3, 0.4) is 0 Å². The van der Waals surface area contributed by atoms with E-state index in [-0.39, 0.29) is 27.2 Å². The number of hydrogen-bond donors (Lipinski definition) is 3. The molecule has 3 rings (SSSR count). The van der Waals surface area contributed by atoms with Gasteiger partial charge < -0.3 is 19.7 Å². The highest BCUT2D eigenvalue weighted by Gasteiger charge is 2.19. The normalized spacial score (nSPS) is 16.4. The van der Waals surface area contributed by atoms with Gasteiger partial charge in [-0.1, -0.05) is 20.8 Å². The fourth-order valence-electron chi connectivity index (χ4n) is 2.54. The summed E-state index contributed by atoms with van der Waals surface area (Å²) in [7, 11) is 0. The first kappa shape index (κ1) is 16.0. The molecule has 0 amide bonds. The fourth-order valence-corrected chi connectivity index (χ4v) is 2.54. The molecule has 3 N–H and O–H groups in total. The third kappa shape index (κ3) is 3.24. The van der Waals surface area contributed by atoms with E-state index in [1.54, 1.807) is 24.7 Å². The molecule has 2 aromatic heterocycles. The molecule has 0 fully saturated rings. The molecule has 1 aliphatic rings. The van der Waals surface area contributed by atoms with Crippen LogP contribution in [-0.2, 0) is 10.2 Å². The van der Waals surface area contributed by atoms with Crippen molar-refractivity contribution in [3.8, 4) is 0 Å². The summed E-state index contributed by atoms with van der Waals surface area (Å²) in [6.07, 6.45) is 7.10. The van der Waals surface area contributed by atoms with Crippen molar-refractivity contribution in [2.75, 3.05) is 6.61 Å². The third-order valence-electron chi connectivity index (χ3n) is 3.76. The summed E-state index contributed by atoms with van der Waals surface area (Å²) in [5.74, 6) is 0. The zero-order valence-corrected chi connectivity index (χ0v) is 13.9. The monoisotopic (exact) mass is 328 g/mol. The molecule has 24 heavy (non-hydrogen) atoms. The molecule has 0 aliphatic carbocycles. The molecule has 0 radical (unpaired) electrons. The van der Waals surface area contributed by atoms with Crippen LogP contribution in [0.1, 0.15) is 38.6 Å². The molecule has 3 heterocycles. The second-order valence-corrected chi connectivity index (χ2v) is 6.75. The summed E-state index contributed by atoms with van der Waals surface area (Å²) in [5, 5.41) is 0.387. The van der Waals surface area contributed by atoms with Crippen LogP contribution in [0.2, 0.25) is 0 Å². The first-order valence-electron chi connectivity index (χ1n) is 7.75. The van der Waals surface area contributed by atoms with Crippen molar-refractivity contribution in [1.82, 2.24) is 19.9 Å². The highest BCUT2D eigenvalue weighted by molar-refractivity contribution is 5.48. The molecule has 0 atom stereocenters. The summed E-state index contributed by atoms with van der Waals surface area (Å²) in [6, 6.07) is 0. The highest BCUT2D eigenvalue weighted by Crippen LogP contribution is 2.22. The van der Waals surface area contributed by atoms with E-state index in [0.717, 1.165) is 17.7 Å². The van der Waals surface area contributed by atoms with Crippen molar-refractivity contribution < 1.29 is 4.74 Å². The van der Waals surface area contributed by atoms with Crippen molar-refractivity contribution in [2.24, 2.45) is 0 Å². The Morgan fingerprint density at radius 1 is 1.12 bits per heavy atom. The van der Waals surface area contributed by atoms with Gasteiger partial charge in [0.25, 0.3) is 11.1 Å². The number of nitrogens with zero attached hydrogens (tertiary/aromatic N) is 1. The lowest BCUT2D eigenvalue weighted by atomic mass is 9.90. The Balaban J connectivity index is 2.11. The van der Waals surface area contributed by atoms with Gasteiger partial charge in [0.2, 0.25) is 0 Å². The molecule has 7 nitrogen and oxygen atoms in total. The van der Waals surface area contributed by atoms with Crippen LogP contribution in [0.15, 0.2) is 27.8 Å². The lowest BCUT2D eigenvalue weighted by molar-refractivity contribution is 0.281. The molecular formula is C17H20N4O3. The van der Waals surface area contributed by atoms with Crippen molar-refractivity contribution in [1.29, 1.82) is 0 Å². The van der Waals surface area contributed by atoms with Gasteiger partial charge in [-0.3, -0.25) is 9.59 Å². The Kier molecular flexibility index (Phi) is 4.01. The van der Waals surface area contributed by atoms with E-state index in [4.69, 9.17) is 4.74 Å². The van der Waals surface area contributed by atoms with Crippen LogP contribution in [0.4, 0.5) is 0 Å². The summed E-state index contributed by atoms with van der Waals surface area (Å²) in [5.41, 5.74) is 1.51. The van der Waals surface area contributed by atoms with Crippen molar-refractivity contribution in [3.63, 3.8) is 0 Å². The van der Waals surface area contributed by atoms with Crippen LogP contribution < -0.4 is 21.8 Å². The maximum Gasteiger partial charge on any atom is 0.272 e. The minimum absolute atomic E-state index is 0.155. The maximum absolute atomic E-state index is 12.3. The number of hydrogen-bond acceptors (Lipinski definition) is 4. The molecule has 2 aromatic rings. The van der Waals surface area contributed by atoms with Crippen molar-refractivity contribution >= 4 is 12.2 Å². The molecule has 0 spiro atoms. The molecule has 0 saturated heterocycles. The number of aromatic nitrogens is 4. The average molecular weight is 328 g/mol. The number of aromatic amines is 3. The van der Waals surface area contributed by atoms with Gasteiger partial charge in [0, 0.05) is 17.5 Å². The summed E-state index contributed by atoms with van der Waals surface area (Å²) in [6.45, 7) is 6.72. The van der Waals surface area contributed by atoms with Crippen LogP contribution in [0, 0.1) is 0 Å². The van der Waals surface area contributed by atoms with Gasteiger partial charge in [0.1, 0.15) is 10.7 Å². The lowest BCUT2D eigenvalue weighted by Crippen LogP contribution is -2.46. The topological polar surface area (TPSA) is 104 Å². The number of imidazole rings is 1. The third-order valence-corrected chi connectivity index (χ3v) is 3.76. The Morgan fingerprint density at radius 2 is 1.79 bits per heavy atom. The second kappa shape index (κ2) is 5.99. The molecule has 126 valence electrons. The van der Waals surface area contributed by atoms with Crippen molar-refractivity contribution in [2.45, 2.75) is 32.6 Å². The highest BCUT2D eigenvalue weighted by atomic mass is 16.5. The largest absolute Gasteiger partial charge is 0.501 e. The van der Waals surface area contributed by atoms with E-state index in [2.05, 4.69) is 19.9 Å². The van der Waals surface area contributed by atoms with E-state index >= 15 is 0 Å². The van der Waals surface area contributed by atoms with Crippen LogP contribution >= 0.6 is 0 Å². The van der Waals surface area contributed by atoms with Gasteiger partial charge in [0.15, 0.2) is 0 Å². The Morgan fingerprint density at radius 3 is 2.38 bits per heavy atom. The number of rotatable bonds is 2. The minimum Gasteiger partial charge on any atom is -0.501 e. The molecular weight excluding hydrogens is 308 g/mol. The maximum atomic E-state index is 12.3. The van der Waals surface area contributed by atoms with Crippen molar-refractivity contribution in [3.05, 3.63) is 61.0 Å².